The van der Waals surface area contributed by atoms with Crippen LogP contribution in [0.25, 0.3) is 0 Å². The number of carbonyl (C=O) groups is 1. The maximum Gasteiger partial charge on any atom is 0.271 e. The molecule has 24 heavy (non-hydrogen) atoms. The van der Waals surface area contributed by atoms with Crippen molar-refractivity contribution >= 4 is 5.91 Å². The van der Waals surface area contributed by atoms with Crippen molar-refractivity contribution in [2.24, 2.45) is 0 Å². The quantitative estimate of drug-likeness (QED) is 0.750. The number of para-hydroxylation sites is 1. The highest BCUT2D eigenvalue weighted by Gasteiger charge is 2.12. The van der Waals surface area contributed by atoms with Crippen LogP contribution in [0.3, 0.4) is 0 Å². The third kappa shape index (κ3) is 5.36. The minimum atomic E-state index is -0.615. The van der Waals surface area contributed by atoms with Gasteiger partial charge in [-0.05, 0) is 38.7 Å². The Morgan fingerprint density at radius 2 is 2.12 bits per heavy atom. The zero-order chi connectivity index (χ0) is 17.5. The van der Waals surface area contributed by atoms with Crippen LogP contribution in [0.15, 0.2) is 36.5 Å². The average Bonchev–Trinajstić information content (AvgIpc) is 3.00. The molecule has 7 heteroatoms. The van der Waals surface area contributed by atoms with E-state index < -0.39 is 6.10 Å². The van der Waals surface area contributed by atoms with Crippen molar-refractivity contribution in [1.82, 2.24) is 20.0 Å². The first-order chi connectivity index (χ1) is 11.5. The van der Waals surface area contributed by atoms with Crippen molar-refractivity contribution in [1.29, 1.82) is 0 Å². The number of aliphatic hydroxyl groups excluding tert-OH is 1. The van der Waals surface area contributed by atoms with Gasteiger partial charge in [-0.25, -0.2) is 4.68 Å². The molecule has 1 atom stereocenters. The van der Waals surface area contributed by atoms with Crippen LogP contribution >= 0.6 is 0 Å². The molecule has 2 N–H and O–H groups in total. The Bertz CT molecular complexity index is 669. The largest absolute Gasteiger partial charge is 0.471 e. The van der Waals surface area contributed by atoms with E-state index in [2.05, 4.69) is 10.4 Å². The van der Waals surface area contributed by atoms with Gasteiger partial charge in [-0.15, -0.1) is 0 Å². The van der Waals surface area contributed by atoms with Crippen LogP contribution in [-0.4, -0.2) is 59.0 Å². The van der Waals surface area contributed by atoms with E-state index in [0.29, 0.717) is 12.2 Å². The summed E-state index contributed by atoms with van der Waals surface area (Å²) in [5.41, 5.74) is 1.33. The molecule has 0 saturated carbocycles. The monoisotopic (exact) mass is 332 g/mol. The Balaban J connectivity index is 1.84. The summed E-state index contributed by atoms with van der Waals surface area (Å²) in [4.78, 5) is 13.9. The topological polar surface area (TPSA) is 79.6 Å². The maximum atomic E-state index is 12.0. The van der Waals surface area contributed by atoms with Gasteiger partial charge in [0.15, 0.2) is 6.73 Å². The summed E-state index contributed by atoms with van der Waals surface area (Å²) >= 11 is 0. The first kappa shape index (κ1) is 18.0. The molecule has 1 amide bonds. The minimum absolute atomic E-state index is 0.184. The van der Waals surface area contributed by atoms with Crippen LogP contribution in [0.1, 0.15) is 16.1 Å². The number of rotatable bonds is 8. The van der Waals surface area contributed by atoms with Gasteiger partial charge in [0.05, 0.1) is 6.10 Å². The van der Waals surface area contributed by atoms with Crippen molar-refractivity contribution in [3.8, 4) is 5.75 Å². The Labute approximate surface area is 141 Å². The molecule has 1 heterocycles. The van der Waals surface area contributed by atoms with Crippen molar-refractivity contribution < 1.29 is 14.6 Å². The van der Waals surface area contributed by atoms with Gasteiger partial charge in [0.25, 0.3) is 5.91 Å². The first-order valence-electron chi connectivity index (χ1n) is 7.78. The molecule has 1 unspecified atom stereocenters. The zero-order valence-electron chi connectivity index (χ0n) is 14.3. The number of aromatic nitrogens is 2. The third-order valence-electron chi connectivity index (χ3n) is 3.39. The lowest BCUT2D eigenvalue weighted by Crippen LogP contribution is -2.37. The normalized spacial score (nSPS) is 12.2. The number of amides is 1. The van der Waals surface area contributed by atoms with E-state index in [1.54, 1.807) is 16.9 Å². The predicted molar refractivity (Wildman–Crippen MR) is 90.9 cm³/mol. The van der Waals surface area contributed by atoms with Gasteiger partial charge in [0, 0.05) is 19.3 Å². The Morgan fingerprint density at radius 1 is 1.38 bits per heavy atom. The fourth-order valence-corrected chi connectivity index (χ4v) is 2.20. The molecule has 0 aliphatic carbocycles. The van der Waals surface area contributed by atoms with Crippen molar-refractivity contribution in [2.45, 2.75) is 19.8 Å². The van der Waals surface area contributed by atoms with E-state index in [1.165, 1.54) is 0 Å². The number of aliphatic hydroxyl groups is 1. The number of ether oxygens (including phenoxy) is 1. The lowest BCUT2D eigenvalue weighted by Gasteiger charge is -2.15. The van der Waals surface area contributed by atoms with Gasteiger partial charge in [0.2, 0.25) is 0 Å². The third-order valence-corrected chi connectivity index (χ3v) is 3.39. The number of hydrogen-bond acceptors (Lipinski definition) is 5. The summed E-state index contributed by atoms with van der Waals surface area (Å²) in [6.07, 6.45) is 1.07. The van der Waals surface area contributed by atoms with Crippen molar-refractivity contribution in [2.75, 3.05) is 27.2 Å². The number of likely N-dealkylation sites (N-methyl/N-ethyl adjacent to an activating group) is 1. The summed E-state index contributed by atoms with van der Waals surface area (Å²) in [6.45, 7) is 2.86. The summed E-state index contributed by atoms with van der Waals surface area (Å²) in [7, 11) is 3.72. The Kier molecular flexibility index (Phi) is 6.34. The summed E-state index contributed by atoms with van der Waals surface area (Å²) in [6, 6.07) is 9.33. The highest BCUT2D eigenvalue weighted by atomic mass is 16.5. The molecule has 0 aliphatic heterocycles. The van der Waals surface area contributed by atoms with Crippen LogP contribution in [0.4, 0.5) is 0 Å². The van der Waals surface area contributed by atoms with Crippen LogP contribution < -0.4 is 10.1 Å². The lowest BCUT2D eigenvalue weighted by molar-refractivity contribution is 0.0885. The smallest absolute Gasteiger partial charge is 0.271 e. The number of aryl methyl sites for hydroxylation is 1. The second-order valence-electron chi connectivity index (χ2n) is 5.91. The molecule has 1 aromatic carbocycles. The van der Waals surface area contributed by atoms with E-state index in [0.717, 1.165) is 11.3 Å². The molecular weight excluding hydrogens is 308 g/mol. The standard InChI is InChI=1S/C17H24N4O3/c1-13-6-4-5-7-16(13)24-12-21-9-8-15(19-21)17(23)18-10-14(22)11-20(2)3/h4-9,14,22H,10-12H2,1-3H3,(H,18,23). The highest BCUT2D eigenvalue weighted by Crippen LogP contribution is 2.16. The van der Waals surface area contributed by atoms with E-state index in [9.17, 15) is 9.90 Å². The molecule has 130 valence electrons. The first-order valence-corrected chi connectivity index (χ1v) is 7.78. The predicted octanol–water partition coefficient (Wildman–Crippen LogP) is 0.880. The number of hydrogen-bond donors (Lipinski definition) is 2. The van der Waals surface area contributed by atoms with Crippen molar-refractivity contribution in [3.63, 3.8) is 0 Å². The maximum absolute atomic E-state index is 12.0. The molecule has 1 aromatic heterocycles. The second-order valence-corrected chi connectivity index (χ2v) is 5.91. The van der Waals surface area contributed by atoms with E-state index >= 15 is 0 Å². The minimum Gasteiger partial charge on any atom is -0.471 e. The van der Waals surface area contributed by atoms with Gasteiger partial charge < -0.3 is 20.1 Å². The van der Waals surface area contributed by atoms with Crippen LogP contribution in [0.5, 0.6) is 5.75 Å². The molecule has 0 saturated heterocycles. The highest BCUT2D eigenvalue weighted by molar-refractivity contribution is 5.92. The fraction of sp³-hybridized carbons (Fsp3) is 0.412. The summed E-state index contributed by atoms with van der Waals surface area (Å²) < 4.78 is 7.23. The molecule has 0 fully saturated rings. The molecule has 0 spiro atoms. The van der Waals surface area contributed by atoms with Gasteiger partial charge in [0.1, 0.15) is 11.4 Å². The molecular formula is C17H24N4O3. The Hall–Kier alpha value is -2.38. The van der Waals surface area contributed by atoms with Gasteiger partial charge in [-0.3, -0.25) is 4.79 Å². The molecule has 0 radical (unpaired) electrons. The van der Waals surface area contributed by atoms with Crippen LogP contribution in [-0.2, 0) is 6.73 Å². The van der Waals surface area contributed by atoms with Gasteiger partial charge in [-0.1, -0.05) is 18.2 Å². The molecule has 7 nitrogen and oxygen atoms in total. The number of nitrogens with one attached hydrogen (secondary N) is 1. The van der Waals surface area contributed by atoms with Crippen LogP contribution in [0.2, 0.25) is 0 Å². The number of benzene rings is 1. The van der Waals surface area contributed by atoms with E-state index in [-0.39, 0.29) is 19.2 Å². The second kappa shape index (κ2) is 8.47. The van der Waals surface area contributed by atoms with Crippen LogP contribution in [0, 0.1) is 6.92 Å². The SMILES string of the molecule is Cc1ccccc1OCn1ccc(C(=O)NCC(O)CN(C)C)n1. The average molecular weight is 332 g/mol. The van der Waals surface area contributed by atoms with E-state index in [4.69, 9.17) is 4.74 Å². The Morgan fingerprint density at radius 3 is 2.83 bits per heavy atom. The fourth-order valence-electron chi connectivity index (χ4n) is 2.20. The van der Waals surface area contributed by atoms with Crippen molar-refractivity contribution in [3.05, 3.63) is 47.8 Å². The summed E-state index contributed by atoms with van der Waals surface area (Å²) in [5.74, 6) is 0.466. The number of nitrogens with zero attached hydrogens (tertiary/aromatic N) is 3. The molecule has 0 bridgehead atoms. The molecule has 2 rings (SSSR count). The number of carbonyl (C=O) groups excluding carboxylic acids is 1. The summed E-state index contributed by atoms with van der Waals surface area (Å²) in [5, 5.41) is 16.6. The lowest BCUT2D eigenvalue weighted by atomic mass is 10.2. The molecule has 0 aliphatic rings. The molecule has 2 aromatic rings. The zero-order valence-corrected chi connectivity index (χ0v) is 14.3. The van der Waals surface area contributed by atoms with Gasteiger partial charge >= 0.3 is 0 Å². The van der Waals surface area contributed by atoms with Gasteiger partial charge in [-0.2, -0.15) is 5.10 Å². The van der Waals surface area contributed by atoms with E-state index in [1.807, 2.05) is 50.2 Å².